The van der Waals surface area contributed by atoms with E-state index in [9.17, 15) is 60.2 Å². The maximum Gasteiger partial charge on any atom is 0.269 e. The van der Waals surface area contributed by atoms with Crippen molar-refractivity contribution in [2.24, 2.45) is 0 Å². The third-order valence-corrected chi connectivity index (χ3v) is 8.58. The van der Waals surface area contributed by atoms with E-state index in [0.717, 1.165) is 32.9 Å². The fourth-order valence-electron chi connectivity index (χ4n) is 6.14. The summed E-state index contributed by atoms with van der Waals surface area (Å²) in [6, 6.07) is 0.420. The molecule has 0 saturated carbocycles. The highest BCUT2D eigenvalue weighted by Crippen LogP contribution is 2.33. The van der Waals surface area contributed by atoms with Crippen molar-refractivity contribution in [3.05, 3.63) is 34.4 Å². The fourth-order valence-corrected chi connectivity index (χ4v) is 6.14. The Morgan fingerprint density at radius 3 is 1.44 bits per heavy atom. The summed E-state index contributed by atoms with van der Waals surface area (Å²) < 4.78 is 35.0. The molecule has 292 valence electrons. The van der Waals surface area contributed by atoms with Crippen LogP contribution < -0.4 is 20.7 Å². The van der Waals surface area contributed by atoms with Crippen molar-refractivity contribution >= 4 is 23.4 Å². The Hall–Kier alpha value is -3.65. The van der Waals surface area contributed by atoms with Gasteiger partial charge in [-0.1, -0.05) is 0 Å². The van der Waals surface area contributed by atoms with Crippen LogP contribution in [0.3, 0.4) is 0 Å². The van der Waals surface area contributed by atoms with Gasteiger partial charge in [0.25, 0.3) is 5.69 Å². The van der Waals surface area contributed by atoms with Gasteiger partial charge < -0.3 is 80.1 Å². The molecule has 22 nitrogen and oxygen atoms in total. The number of rotatable bonds is 13. The van der Waals surface area contributed by atoms with Gasteiger partial charge >= 0.3 is 0 Å². The van der Waals surface area contributed by atoms with Crippen LogP contribution in [-0.2, 0) is 38.1 Å². The SMILES string of the molecule is CC(=O)N[C@H]1[C@H](Oc2ccc([N+](=O)[O-])cc2)O[C@H](CO)[C@@H](O[C@@H]2O[C@H](CO)[C@@H](O[C@@H]3O[C@H](CO)[C@@H](O)[C@H](O)[C@H]3NC(C)=O)[C@H](O)[C@H]2NC(C)=O)[C@@H]1O. The Labute approximate surface area is 295 Å². The Bertz CT molecular complexity index is 1390. The third kappa shape index (κ3) is 9.47. The van der Waals surface area contributed by atoms with Crippen molar-refractivity contribution in [3.63, 3.8) is 0 Å². The number of non-ortho nitro benzene ring substituents is 1. The second-order valence-corrected chi connectivity index (χ2v) is 12.4. The molecule has 10 N–H and O–H groups in total. The minimum absolute atomic E-state index is 0.0468. The van der Waals surface area contributed by atoms with Crippen LogP contribution in [0.5, 0.6) is 5.75 Å². The maximum absolute atomic E-state index is 12.3. The molecule has 4 rings (SSSR count). The minimum atomic E-state index is -1.82. The van der Waals surface area contributed by atoms with Crippen molar-refractivity contribution in [2.45, 2.75) is 113 Å². The number of hydrogen-bond donors (Lipinski definition) is 10. The quantitative estimate of drug-likeness (QED) is 0.0666. The van der Waals surface area contributed by atoms with Crippen molar-refractivity contribution in [2.75, 3.05) is 19.8 Å². The molecule has 0 unspecified atom stereocenters. The van der Waals surface area contributed by atoms with E-state index in [1.807, 2.05) is 0 Å². The number of nitrogens with zero attached hydrogens (tertiary/aromatic N) is 1. The zero-order chi connectivity index (χ0) is 38.4. The first-order valence-corrected chi connectivity index (χ1v) is 16.1. The predicted molar refractivity (Wildman–Crippen MR) is 168 cm³/mol. The molecule has 0 radical (unpaired) electrons. The van der Waals surface area contributed by atoms with E-state index < -0.39 is 134 Å². The third-order valence-electron chi connectivity index (χ3n) is 8.58. The van der Waals surface area contributed by atoms with Gasteiger partial charge in [-0.05, 0) is 12.1 Å². The molecule has 3 amide bonds. The standard InChI is InChI=1S/C30H44N4O18/c1-11(38)31-19-23(42)22(41)16(8-35)48-29(19)51-27-18(10-37)50-30(21(25(27)44)33-13(3)40)52-26-17(9-36)49-28(20(24(26)43)32-12(2)39)47-15-6-4-14(5-7-15)34(45)46/h4-7,16-30,35-37,41-44H,8-10H2,1-3H3,(H,31,38)(H,32,39)(H,33,40)/t16-,17-,18-,19-,20-,21-,22-,23-,24-,25-,26-,27-,28-,29+,30+/m1/s1. The lowest BCUT2D eigenvalue weighted by Crippen LogP contribution is -2.71. The first kappa shape index (κ1) is 41.1. The molecule has 52 heavy (non-hydrogen) atoms. The Kier molecular flexibility index (Phi) is 14.2. The number of aliphatic hydroxyl groups excluding tert-OH is 7. The molecular weight excluding hydrogens is 704 g/mol. The first-order valence-electron chi connectivity index (χ1n) is 16.1. The van der Waals surface area contributed by atoms with Gasteiger partial charge in [0.2, 0.25) is 24.0 Å². The van der Waals surface area contributed by atoms with Crippen LogP contribution in [-0.4, -0.2) is 170 Å². The molecule has 22 heteroatoms. The molecule has 0 aliphatic carbocycles. The zero-order valence-electron chi connectivity index (χ0n) is 28.2. The summed E-state index contributed by atoms with van der Waals surface area (Å²) in [5.74, 6) is -1.97. The van der Waals surface area contributed by atoms with Crippen LogP contribution in [0.1, 0.15) is 20.8 Å². The smallest absolute Gasteiger partial charge is 0.269 e. The molecule has 1 aromatic carbocycles. The number of amides is 3. The summed E-state index contributed by atoms with van der Waals surface area (Å²) in [5.41, 5.74) is -0.237. The maximum atomic E-state index is 12.3. The van der Waals surface area contributed by atoms with Crippen molar-refractivity contribution < 1.29 is 83.5 Å². The van der Waals surface area contributed by atoms with Gasteiger partial charge in [0.05, 0.1) is 24.7 Å². The molecule has 0 aromatic heterocycles. The van der Waals surface area contributed by atoms with Gasteiger partial charge in [0.1, 0.15) is 78.8 Å². The second kappa shape index (κ2) is 17.9. The highest BCUT2D eigenvalue weighted by molar-refractivity contribution is 5.74. The van der Waals surface area contributed by atoms with E-state index in [0.29, 0.717) is 0 Å². The Morgan fingerprint density at radius 1 is 0.654 bits per heavy atom. The normalized spacial score (nSPS) is 37.8. The number of nitro groups is 1. The minimum Gasteiger partial charge on any atom is -0.463 e. The van der Waals surface area contributed by atoms with E-state index in [2.05, 4.69) is 16.0 Å². The molecule has 3 heterocycles. The molecule has 0 bridgehead atoms. The molecule has 3 aliphatic heterocycles. The number of ether oxygens (including phenoxy) is 6. The number of aliphatic hydroxyl groups is 7. The Morgan fingerprint density at radius 2 is 1.04 bits per heavy atom. The number of carbonyl (C=O) groups excluding carboxylic acids is 3. The zero-order valence-corrected chi connectivity index (χ0v) is 28.2. The average Bonchev–Trinajstić information content (AvgIpc) is 3.09. The summed E-state index contributed by atoms with van der Waals surface area (Å²) in [6.07, 6.45) is -19.3. The monoisotopic (exact) mass is 748 g/mol. The summed E-state index contributed by atoms with van der Waals surface area (Å²) in [4.78, 5) is 46.8. The van der Waals surface area contributed by atoms with Gasteiger partial charge in [-0.2, -0.15) is 0 Å². The number of carbonyl (C=O) groups is 3. The lowest BCUT2D eigenvalue weighted by molar-refractivity contribution is -0.384. The van der Waals surface area contributed by atoms with Crippen LogP contribution in [0.4, 0.5) is 5.69 Å². The molecule has 3 aliphatic rings. The summed E-state index contributed by atoms with van der Waals surface area (Å²) in [5, 5.41) is 92.7. The van der Waals surface area contributed by atoms with Gasteiger partial charge in [0, 0.05) is 32.9 Å². The van der Waals surface area contributed by atoms with Crippen molar-refractivity contribution in [1.82, 2.24) is 16.0 Å². The number of benzene rings is 1. The van der Waals surface area contributed by atoms with Gasteiger partial charge in [-0.25, -0.2) is 0 Å². The van der Waals surface area contributed by atoms with Crippen LogP contribution in [0.25, 0.3) is 0 Å². The van der Waals surface area contributed by atoms with Crippen LogP contribution in [0.15, 0.2) is 24.3 Å². The highest BCUT2D eigenvalue weighted by Gasteiger charge is 2.55. The van der Waals surface area contributed by atoms with Crippen LogP contribution in [0.2, 0.25) is 0 Å². The molecule has 15 atom stereocenters. The van der Waals surface area contributed by atoms with Crippen molar-refractivity contribution in [1.29, 1.82) is 0 Å². The van der Waals surface area contributed by atoms with Crippen LogP contribution >= 0.6 is 0 Å². The highest BCUT2D eigenvalue weighted by atomic mass is 16.7. The molecule has 3 saturated heterocycles. The molecule has 1 aromatic rings. The number of nitro benzene ring substituents is 1. The number of hydrogen-bond acceptors (Lipinski definition) is 18. The van der Waals surface area contributed by atoms with Gasteiger partial charge in [-0.15, -0.1) is 0 Å². The lowest BCUT2D eigenvalue weighted by Gasteiger charge is -2.50. The summed E-state index contributed by atoms with van der Waals surface area (Å²) in [7, 11) is 0. The predicted octanol–water partition coefficient (Wildman–Crippen LogP) is -5.15. The van der Waals surface area contributed by atoms with E-state index >= 15 is 0 Å². The van der Waals surface area contributed by atoms with Crippen molar-refractivity contribution in [3.8, 4) is 5.75 Å². The topological polar surface area (TPSA) is 327 Å². The number of nitrogens with one attached hydrogen (secondary N) is 3. The van der Waals surface area contributed by atoms with E-state index in [1.165, 1.54) is 12.1 Å². The first-order chi connectivity index (χ1) is 24.6. The lowest BCUT2D eigenvalue weighted by atomic mass is 9.93. The van der Waals surface area contributed by atoms with Crippen LogP contribution in [0, 0.1) is 10.1 Å². The largest absolute Gasteiger partial charge is 0.463 e. The van der Waals surface area contributed by atoms with E-state index in [4.69, 9.17) is 28.4 Å². The summed E-state index contributed by atoms with van der Waals surface area (Å²) >= 11 is 0. The van der Waals surface area contributed by atoms with E-state index in [-0.39, 0.29) is 11.4 Å². The van der Waals surface area contributed by atoms with Gasteiger partial charge in [0.15, 0.2) is 12.6 Å². The average molecular weight is 749 g/mol. The molecule has 3 fully saturated rings. The Balaban J connectivity index is 1.59. The van der Waals surface area contributed by atoms with Gasteiger partial charge in [-0.3, -0.25) is 24.5 Å². The fraction of sp³-hybridized carbons (Fsp3) is 0.700. The van der Waals surface area contributed by atoms with E-state index in [1.54, 1.807) is 0 Å². The molecular formula is C30H44N4O18. The molecule has 0 spiro atoms. The summed E-state index contributed by atoms with van der Waals surface area (Å²) in [6.45, 7) is 0.890. The second-order valence-electron chi connectivity index (χ2n) is 12.4.